The molecule has 0 spiro atoms. The molecule has 2 fully saturated rings. The number of carbonyl (C=O) groups is 2. The summed E-state index contributed by atoms with van der Waals surface area (Å²) >= 11 is 0. The van der Waals surface area contributed by atoms with E-state index >= 15 is 0 Å². The maximum atomic E-state index is 13.8. The van der Waals surface area contributed by atoms with Crippen LogP contribution in [0.2, 0.25) is 0 Å². The minimum Gasteiger partial charge on any atom is -0.369 e. The molecular weight excluding hydrogens is 606 g/mol. The zero-order valence-corrected chi connectivity index (χ0v) is 25.7. The molecule has 3 aromatic rings. The van der Waals surface area contributed by atoms with Crippen LogP contribution in [-0.4, -0.2) is 92.5 Å². The highest BCUT2D eigenvalue weighted by atomic mass is 32.2. The molecule has 0 unspecified atom stereocenters. The van der Waals surface area contributed by atoms with Crippen LogP contribution in [0.1, 0.15) is 34.5 Å². The van der Waals surface area contributed by atoms with E-state index in [9.17, 15) is 26.8 Å². The molecule has 3 aliphatic rings. The maximum absolute atomic E-state index is 13.8. The van der Waals surface area contributed by atoms with Crippen molar-refractivity contribution in [2.45, 2.75) is 30.7 Å². The molecule has 4 N–H and O–H groups in total. The Morgan fingerprint density at radius 3 is 2.38 bits per heavy atom. The van der Waals surface area contributed by atoms with Gasteiger partial charge in [-0.15, -0.1) is 0 Å². The zero-order chi connectivity index (χ0) is 31.7. The first-order valence-electron chi connectivity index (χ1n) is 15.0. The van der Waals surface area contributed by atoms with Crippen molar-refractivity contribution in [2.75, 3.05) is 68.4 Å². The van der Waals surface area contributed by atoms with E-state index in [2.05, 4.69) is 43.0 Å². The Morgan fingerprint density at radius 1 is 0.956 bits per heavy atom. The van der Waals surface area contributed by atoms with Crippen LogP contribution in [0.3, 0.4) is 0 Å². The summed E-state index contributed by atoms with van der Waals surface area (Å²) < 4.78 is 55.3. The van der Waals surface area contributed by atoms with Crippen LogP contribution in [0.15, 0.2) is 41.3 Å². The van der Waals surface area contributed by atoms with Gasteiger partial charge in [0.25, 0.3) is 5.91 Å². The molecule has 3 aliphatic heterocycles. The van der Waals surface area contributed by atoms with Gasteiger partial charge in [-0.2, -0.15) is 9.40 Å². The molecule has 0 atom stereocenters. The van der Waals surface area contributed by atoms with Crippen LogP contribution in [0, 0.1) is 17.6 Å². The zero-order valence-electron chi connectivity index (χ0n) is 24.9. The summed E-state index contributed by atoms with van der Waals surface area (Å²) in [6, 6.07) is 7.51. The van der Waals surface area contributed by atoms with E-state index in [4.69, 9.17) is 0 Å². The molecule has 0 saturated carbocycles. The summed E-state index contributed by atoms with van der Waals surface area (Å²) in [6.07, 6.45) is 1.66. The molecule has 15 heteroatoms. The van der Waals surface area contributed by atoms with Crippen LogP contribution in [0.4, 0.5) is 26.0 Å². The Morgan fingerprint density at radius 2 is 1.67 bits per heavy atom. The van der Waals surface area contributed by atoms with Crippen molar-refractivity contribution in [2.24, 2.45) is 5.92 Å². The van der Waals surface area contributed by atoms with E-state index < -0.39 is 32.5 Å². The van der Waals surface area contributed by atoms with Gasteiger partial charge in [0.05, 0.1) is 16.1 Å². The van der Waals surface area contributed by atoms with Gasteiger partial charge in [0.2, 0.25) is 15.9 Å². The van der Waals surface area contributed by atoms with Gasteiger partial charge in [0, 0.05) is 74.6 Å². The molecular formula is C30H36F2N8O4S. The summed E-state index contributed by atoms with van der Waals surface area (Å²) in [7, 11) is -2.17. The first kappa shape index (κ1) is 31.1. The fourth-order valence-corrected chi connectivity index (χ4v) is 7.45. The second kappa shape index (κ2) is 12.8. The van der Waals surface area contributed by atoms with Gasteiger partial charge in [-0.3, -0.25) is 14.7 Å². The molecule has 12 nitrogen and oxygen atoms in total. The average Bonchev–Trinajstić information content (AvgIpc) is 3.43. The Hall–Kier alpha value is -3.92. The third kappa shape index (κ3) is 6.71. The predicted octanol–water partition coefficient (Wildman–Crippen LogP) is 2.38. The summed E-state index contributed by atoms with van der Waals surface area (Å²) in [5.74, 6) is -2.70. The Kier molecular flexibility index (Phi) is 8.86. The quantitative estimate of drug-likeness (QED) is 0.308. The van der Waals surface area contributed by atoms with E-state index in [1.165, 1.54) is 0 Å². The standard InChI is InChI=1S/C30H36F2N8O4S/c1-38-10-12-39(13-11-38)22-2-3-24(27(17-22)34-29(41)19-4-7-33-8-5-19)30(42)35-28-25-18-40(9-6-26(25)36-37-28)45(43,44)23-15-20(31)14-21(32)16-23/h2-3,14-17,19,33H,4-13,18H2,1H3,(H,34,41)(H2,35,36,37,42). The van der Waals surface area contributed by atoms with Gasteiger partial charge in [0.1, 0.15) is 11.6 Å². The van der Waals surface area contributed by atoms with Gasteiger partial charge in [0.15, 0.2) is 5.82 Å². The number of sulfonamides is 1. The molecule has 2 amide bonds. The van der Waals surface area contributed by atoms with E-state index in [0.717, 1.165) is 61.4 Å². The van der Waals surface area contributed by atoms with Crippen molar-refractivity contribution >= 4 is 39.0 Å². The largest absolute Gasteiger partial charge is 0.369 e. The van der Waals surface area contributed by atoms with E-state index in [0.29, 0.717) is 35.9 Å². The van der Waals surface area contributed by atoms with Crippen molar-refractivity contribution in [3.8, 4) is 0 Å². The number of amides is 2. The first-order chi connectivity index (χ1) is 21.6. The summed E-state index contributed by atoms with van der Waals surface area (Å²) in [4.78, 5) is 30.9. The molecule has 6 rings (SSSR count). The number of aromatic amines is 1. The van der Waals surface area contributed by atoms with Gasteiger partial charge in [-0.05, 0) is 63.3 Å². The Labute approximate surface area is 260 Å². The molecule has 240 valence electrons. The highest BCUT2D eigenvalue weighted by Crippen LogP contribution is 2.31. The molecule has 2 saturated heterocycles. The topological polar surface area (TPSA) is 143 Å². The van der Waals surface area contributed by atoms with E-state index in [1.54, 1.807) is 6.07 Å². The number of aromatic nitrogens is 2. The number of rotatable bonds is 7. The van der Waals surface area contributed by atoms with Crippen LogP contribution >= 0.6 is 0 Å². The number of anilines is 3. The second-order valence-corrected chi connectivity index (χ2v) is 13.6. The summed E-state index contributed by atoms with van der Waals surface area (Å²) in [6.45, 7) is 4.80. The molecule has 0 radical (unpaired) electrons. The molecule has 1 aromatic heterocycles. The highest BCUT2D eigenvalue weighted by Gasteiger charge is 2.33. The SMILES string of the molecule is CN1CCN(c2ccc(C(=O)Nc3n[nH]c4c3CN(S(=O)(=O)c3cc(F)cc(F)c3)CC4)c(NC(=O)C3CCNCC3)c2)CC1. The number of nitrogens with zero attached hydrogens (tertiary/aromatic N) is 4. The smallest absolute Gasteiger partial charge is 0.258 e. The third-order valence-electron chi connectivity index (χ3n) is 8.69. The van der Waals surface area contributed by atoms with E-state index in [1.807, 2.05) is 12.1 Å². The predicted molar refractivity (Wildman–Crippen MR) is 165 cm³/mol. The Balaban J connectivity index is 1.24. The van der Waals surface area contributed by atoms with Crippen LogP contribution < -0.4 is 20.9 Å². The van der Waals surface area contributed by atoms with Gasteiger partial charge in [-0.25, -0.2) is 17.2 Å². The number of halogens is 2. The molecule has 4 heterocycles. The molecule has 0 aliphatic carbocycles. The number of H-pyrrole nitrogens is 1. The Bertz CT molecular complexity index is 1680. The molecule has 0 bridgehead atoms. The second-order valence-electron chi connectivity index (χ2n) is 11.7. The van der Waals surface area contributed by atoms with Crippen molar-refractivity contribution in [1.82, 2.24) is 24.7 Å². The van der Waals surface area contributed by atoms with Gasteiger partial charge in [-0.1, -0.05) is 0 Å². The number of carbonyl (C=O) groups excluding carboxylic acids is 2. The normalized spacial score (nSPS) is 18.4. The molecule has 45 heavy (non-hydrogen) atoms. The van der Waals surface area contributed by atoms with Crippen molar-refractivity contribution < 1.29 is 26.8 Å². The van der Waals surface area contributed by atoms with E-state index in [-0.39, 0.29) is 42.7 Å². The lowest BCUT2D eigenvalue weighted by Gasteiger charge is -2.34. The number of hydrogen-bond donors (Lipinski definition) is 4. The number of hydrogen-bond acceptors (Lipinski definition) is 8. The fourth-order valence-electron chi connectivity index (χ4n) is 5.99. The lowest BCUT2D eigenvalue weighted by Crippen LogP contribution is -2.44. The van der Waals surface area contributed by atoms with Crippen molar-refractivity contribution in [1.29, 1.82) is 0 Å². The molecule has 2 aromatic carbocycles. The van der Waals surface area contributed by atoms with Crippen LogP contribution in [-0.2, 0) is 27.8 Å². The number of nitrogens with one attached hydrogen (secondary N) is 4. The number of piperidine rings is 1. The monoisotopic (exact) mass is 642 g/mol. The summed E-state index contributed by atoms with van der Waals surface area (Å²) in [5, 5.41) is 16.2. The number of fused-ring (bicyclic) bond motifs is 1. The van der Waals surface area contributed by atoms with Crippen LogP contribution in [0.5, 0.6) is 0 Å². The minimum atomic E-state index is -4.24. The number of likely N-dealkylation sites (N-methyl/N-ethyl adjacent to an activating group) is 1. The lowest BCUT2D eigenvalue weighted by molar-refractivity contribution is -0.120. The first-order valence-corrected chi connectivity index (χ1v) is 16.5. The van der Waals surface area contributed by atoms with Crippen LogP contribution in [0.25, 0.3) is 0 Å². The lowest BCUT2D eigenvalue weighted by atomic mass is 9.97. The number of benzene rings is 2. The summed E-state index contributed by atoms with van der Waals surface area (Å²) in [5.41, 5.74) is 2.61. The van der Waals surface area contributed by atoms with Crippen molar-refractivity contribution in [3.63, 3.8) is 0 Å². The van der Waals surface area contributed by atoms with Gasteiger partial charge < -0.3 is 25.8 Å². The maximum Gasteiger partial charge on any atom is 0.258 e. The average molecular weight is 643 g/mol. The van der Waals surface area contributed by atoms with Gasteiger partial charge >= 0.3 is 0 Å². The third-order valence-corrected chi connectivity index (χ3v) is 10.5. The fraction of sp³-hybridized carbons (Fsp3) is 0.433. The minimum absolute atomic E-state index is 0.0592. The highest BCUT2D eigenvalue weighted by molar-refractivity contribution is 7.89. The van der Waals surface area contributed by atoms with Crippen molar-refractivity contribution in [3.05, 3.63) is 64.9 Å². The number of piperazine rings is 1.